The van der Waals surface area contributed by atoms with E-state index in [0.29, 0.717) is 53.1 Å². The number of aryl methyl sites for hydroxylation is 1. The first-order valence-electron chi connectivity index (χ1n) is 14.4. The monoisotopic (exact) mass is 591 g/mol. The number of anilines is 3. The van der Waals surface area contributed by atoms with Gasteiger partial charge >= 0.3 is 0 Å². The number of amides is 1. The fourth-order valence-electron chi connectivity index (χ4n) is 4.91. The summed E-state index contributed by atoms with van der Waals surface area (Å²) in [4.78, 5) is 30.5. The van der Waals surface area contributed by atoms with Gasteiger partial charge in [0.15, 0.2) is 5.65 Å². The number of likely N-dealkylation sites (N-methyl/N-ethyl adjacent to an activating group) is 1. The molecule has 1 aliphatic rings. The predicted octanol–water partition coefficient (Wildman–Crippen LogP) is 4.10. The highest BCUT2D eigenvalue weighted by atomic mass is 16.5. The number of pyridine rings is 1. The molecule has 1 fully saturated rings. The Labute approximate surface area is 255 Å². The third kappa shape index (κ3) is 6.70. The quantitative estimate of drug-likeness (QED) is 0.255. The predicted molar refractivity (Wildman–Crippen MR) is 169 cm³/mol. The summed E-state index contributed by atoms with van der Waals surface area (Å²) >= 11 is 0. The summed E-state index contributed by atoms with van der Waals surface area (Å²) in [5.74, 6) is 7.80. The van der Waals surface area contributed by atoms with E-state index in [-0.39, 0.29) is 0 Å². The van der Waals surface area contributed by atoms with Crippen molar-refractivity contribution in [2.24, 2.45) is 0 Å². The Bertz CT molecular complexity index is 1870. The number of ether oxygens (including phenoxy) is 2. The minimum absolute atomic E-state index is 0.403. The average molecular weight is 592 g/mol. The van der Waals surface area contributed by atoms with Crippen LogP contribution in [0.1, 0.15) is 12.5 Å². The molecule has 5 aromatic rings. The Balaban J connectivity index is 1.19. The average Bonchev–Trinajstić information content (AvgIpc) is 3.48. The zero-order valence-electron chi connectivity index (χ0n) is 24.9. The van der Waals surface area contributed by atoms with Crippen LogP contribution >= 0.6 is 0 Å². The van der Waals surface area contributed by atoms with E-state index >= 15 is 0 Å². The summed E-state index contributed by atoms with van der Waals surface area (Å²) < 4.78 is 13.6. The number of benzene rings is 2. The maximum Gasteiger partial charge on any atom is 0.300 e. The molecule has 0 unspecified atom stereocenters. The molecule has 12 nitrogen and oxygen atoms in total. The van der Waals surface area contributed by atoms with Crippen molar-refractivity contribution in [3.8, 4) is 29.1 Å². The molecular formula is C32H33N9O3. The SMILES string of the molecule is CCOc1cc2ncnc(Nc3ccc(Oc4ccn5ncnc5c4)c(C)c3)c2cc1NC(=O)C#CCN1CCN(C)CC1. The van der Waals surface area contributed by atoms with E-state index in [0.717, 1.165) is 42.8 Å². The van der Waals surface area contributed by atoms with Crippen LogP contribution in [0, 0.1) is 18.8 Å². The molecule has 1 amide bonds. The standard InChI is InChI=1S/C32H33N9O3/c1-4-43-29-19-26-25(18-27(29)38-31(42)6-5-10-40-14-12-39(3)13-15-40)32(35-20-33-26)37-23-7-8-28(22(2)16-23)44-24-9-11-41-30(17-24)34-21-36-41/h7-9,11,16-21H,4,10,12-15H2,1-3H3,(H,38,42)(H,33,35,37). The molecule has 1 saturated heterocycles. The van der Waals surface area contributed by atoms with E-state index in [1.165, 1.54) is 12.7 Å². The van der Waals surface area contributed by atoms with Crippen molar-refractivity contribution in [2.45, 2.75) is 13.8 Å². The first-order chi connectivity index (χ1) is 21.4. The van der Waals surface area contributed by atoms with Crippen LogP contribution in [0.5, 0.6) is 17.2 Å². The van der Waals surface area contributed by atoms with E-state index < -0.39 is 5.91 Å². The van der Waals surface area contributed by atoms with E-state index in [2.05, 4.69) is 59.4 Å². The number of rotatable bonds is 8. The maximum absolute atomic E-state index is 12.8. The summed E-state index contributed by atoms with van der Waals surface area (Å²) in [7, 11) is 2.11. The van der Waals surface area contributed by atoms with Crippen LogP contribution in [-0.4, -0.2) is 86.7 Å². The molecule has 224 valence electrons. The molecule has 44 heavy (non-hydrogen) atoms. The van der Waals surface area contributed by atoms with E-state index in [1.54, 1.807) is 16.8 Å². The Morgan fingerprint density at radius 3 is 2.68 bits per heavy atom. The molecule has 0 bridgehead atoms. The normalized spacial score (nSPS) is 13.8. The van der Waals surface area contributed by atoms with Gasteiger partial charge in [0, 0.05) is 55.6 Å². The van der Waals surface area contributed by atoms with Gasteiger partial charge in [-0.3, -0.25) is 9.69 Å². The van der Waals surface area contributed by atoms with Gasteiger partial charge in [-0.1, -0.05) is 5.92 Å². The molecule has 0 saturated carbocycles. The van der Waals surface area contributed by atoms with Gasteiger partial charge < -0.3 is 25.0 Å². The minimum Gasteiger partial charge on any atom is -0.492 e. The van der Waals surface area contributed by atoms with Gasteiger partial charge in [0.1, 0.15) is 35.7 Å². The van der Waals surface area contributed by atoms with Crippen molar-refractivity contribution >= 4 is 39.6 Å². The van der Waals surface area contributed by atoms with E-state index in [1.807, 2.05) is 50.2 Å². The summed E-state index contributed by atoms with van der Waals surface area (Å²) in [5.41, 5.74) is 3.62. The van der Waals surface area contributed by atoms with Crippen molar-refractivity contribution in [2.75, 3.05) is 57.0 Å². The fraction of sp³-hybridized carbons (Fsp3) is 0.281. The first-order valence-corrected chi connectivity index (χ1v) is 14.4. The topological polar surface area (TPSA) is 122 Å². The zero-order valence-corrected chi connectivity index (χ0v) is 24.9. The lowest BCUT2D eigenvalue weighted by atomic mass is 10.1. The minimum atomic E-state index is -0.403. The van der Waals surface area contributed by atoms with Crippen LogP contribution in [0.15, 0.2) is 61.3 Å². The molecule has 6 rings (SSSR count). The molecule has 1 aliphatic heterocycles. The molecule has 0 spiro atoms. The molecule has 0 aliphatic carbocycles. The molecular weight excluding hydrogens is 558 g/mol. The molecule has 12 heteroatoms. The molecule has 0 atom stereocenters. The lowest BCUT2D eigenvalue weighted by molar-refractivity contribution is -0.111. The molecule has 3 aromatic heterocycles. The first kappa shape index (κ1) is 28.9. The summed E-state index contributed by atoms with van der Waals surface area (Å²) in [6.45, 7) is 8.73. The number of aromatic nitrogens is 5. The van der Waals surface area contributed by atoms with Crippen LogP contribution in [-0.2, 0) is 4.79 Å². The van der Waals surface area contributed by atoms with Crippen LogP contribution < -0.4 is 20.1 Å². The number of hydrogen-bond acceptors (Lipinski definition) is 10. The summed E-state index contributed by atoms with van der Waals surface area (Å²) in [5, 5.41) is 11.1. The lowest BCUT2D eigenvalue weighted by Gasteiger charge is -2.30. The highest BCUT2D eigenvalue weighted by Crippen LogP contribution is 2.34. The second-order valence-electron chi connectivity index (χ2n) is 10.5. The Hall–Kier alpha value is -5.25. The van der Waals surface area contributed by atoms with E-state index in [4.69, 9.17) is 9.47 Å². The van der Waals surface area contributed by atoms with Crippen molar-refractivity contribution in [1.29, 1.82) is 0 Å². The van der Waals surface area contributed by atoms with Crippen molar-refractivity contribution < 1.29 is 14.3 Å². The van der Waals surface area contributed by atoms with Gasteiger partial charge in [-0.15, -0.1) is 0 Å². The largest absolute Gasteiger partial charge is 0.492 e. The highest BCUT2D eigenvalue weighted by molar-refractivity contribution is 6.06. The Morgan fingerprint density at radius 2 is 1.86 bits per heavy atom. The number of piperazine rings is 1. The maximum atomic E-state index is 12.8. The van der Waals surface area contributed by atoms with Crippen molar-refractivity contribution in [3.63, 3.8) is 0 Å². The Morgan fingerprint density at radius 1 is 1.00 bits per heavy atom. The number of carbonyl (C=O) groups is 1. The van der Waals surface area contributed by atoms with Gasteiger partial charge in [-0.05, 0) is 62.7 Å². The zero-order chi connectivity index (χ0) is 30.5. The van der Waals surface area contributed by atoms with Crippen molar-refractivity contribution in [3.05, 3.63) is 66.9 Å². The van der Waals surface area contributed by atoms with Gasteiger partial charge in [-0.25, -0.2) is 19.5 Å². The number of fused-ring (bicyclic) bond motifs is 2. The highest BCUT2D eigenvalue weighted by Gasteiger charge is 2.15. The van der Waals surface area contributed by atoms with Gasteiger partial charge in [-0.2, -0.15) is 5.10 Å². The smallest absolute Gasteiger partial charge is 0.300 e. The van der Waals surface area contributed by atoms with E-state index in [9.17, 15) is 4.79 Å². The molecule has 2 N–H and O–H groups in total. The van der Waals surface area contributed by atoms with Gasteiger partial charge in [0.2, 0.25) is 0 Å². The second-order valence-corrected chi connectivity index (χ2v) is 10.5. The number of carbonyl (C=O) groups excluding carboxylic acids is 1. The number of nitrogens with one attached hydrogen (secondary N) is 2. The third-order valence-corrected chi connectivity index (χ3v) is 7.30. The summed E-state index contributed by atoms with van der Waals surface area (Å²) in [6, 6.07) is 13.1. The number of nitrogens with zero attached hydrogens (tertiary/aromatic N) is 7. The van der Waals surface area contributed by atoms with Crippen LogP contribution in [0.3, 0.4) is 0 Å². The van der Waals surface area contributed by atoms with Gasteiger partial charge in [0.05, 0.1) is 24.4 Å². The summed E-state index contributed by atoms with van der Waals surface area (Å²) in [6.07, 6.45) is 4.80. The fourth-order valence-corrected chi connectivity index (χ4v) is 4.91. The molecule has 0 radical (unpaired) electrons. The third-order valence-electron chi connectivity index (χ3n) is 7.30. The molecule has 4 heterocycles. The lowest BCUT2D eigenvalue weighted by Crippen LogP contribution is -2.44. The molecule has 2 aromatic carbocycles. The second kappa shape index (κ2) is 12.9. The van der Waals surface area contributed by atoms with Gasteiger partial charge in [0.25, 0.3) is 5.91 Å². The number of hydrogen-bond donors (Lipinski definition) is 2. The van der Waals surface area contributed by atoms with Crippen LogP contribution in [0.25, 0.3) is 16.6 Å². The van der Waals surface area contributed by atoms with Crippen LogP contribution in [0.4, 0.5) is 17.2 Å². The van der Waals surface area contributed by atoms with Crippen LogP contribution in [0.2, 0.25) is 0 Å². The Kier molecular flexibility index (Phi) is 8.49. The van der Waals surface area contributed by atoms with Crippen molar-refractivity contribution in [1.82, 2.24) is 34.4 Å².